The monoisotopic (exact) mass is 271 g/mol. The predicted octanol–water partition coefficient (Wildman–Crippen LogP) is 3.50. The third-order valence-electron chi connectivity index (χ3n) is 3.73. The van der Waals surface area contributed by atoms with Crippen LogP contribution in [0.1, 0.15) is 25.5 Å². The molecule has 2 heterocycles. The Hall–Kier alpha value is -1.81. The van der Waals surface area contributed by atoms with E-state index < -0.39 is 0 Å². The second-order valence-electron chi connectivity index (χ2n) is 5.73. The summed E-state index contributed by atoms with van der Waals surface area (Å²) in [6.45, 7) is 5.90. The quantitative estimate of drug-likeness (QED) is 0.925. The van der Waals surface area contributed by atoms with E-state index in [0.29, 0.717) is 0 Å². The van der Waals surface area contributed by atoms with Gasteiger partial charge in [0, 0.05) is 18.5 Å². The smallest absolute Gasteiger partial charge is 0.207 e. The minimum absolute atomic E-state index is 0.0692. The zero-order valence-corrected chi connectivity index (χ0v) is 12.1. The maximum absolute atomic E-state index is 5.88. The van der Waals surface area contributed by atoms with Gasteiger partial charge in [-0.2, -0.15) is 0 Å². The van der Waals surface area contributed by atoms with Gasteiger partial charge in [0.1, 0.15) is 0 Å². The summed E-state index contributed by atoms with van der Waals surface area (Å²) in [6, 6.07) is 10.1. The van der Waals surface area contributed by atoms with E-state index in [4.69, 9.17) is 4.74 Å². The van der Waals surface area contributed by atoms with Crippen LogP contribution in [0.2, 0.25) is 0 Å². The lowest BCUT2D eigenvalue weighted by molar-refractivity contribution is 0.00666. The van der Waals surface area contributed by atoms with Crippen molar-refractivity contribution in [3.8, 4) is 0 Å². The Morgan fingerprint density at radius 2 is 2.15 bits per heavy atom. The molecule has 3 rings (SSSR count). The number of imidazole rings is 1. The van der Waals surface area contributed by atoms with E-state index in [1.807, 2.05) is 37.3 Å². The van der Waals surface area contributed by atoms with Crippen molar-refractivity contribution in [3.63, 3.8) is 0 Å². The van der Waals surface area contributed by atoms with Crippen molar-refractivity contribution in [1.29, 1.82) is 0 Å². The lowest BCUT2D eigenvalue weighted by Crippen LogP contribution is -2.29. The van der Waals surface area contributed by atoms with Crippen LogP contribution in [-0.4, -0.2) is 21.8 Å². The highest BCUT2D eigenvalue weighted by atomic mass is 16.5. The van der Waals surface area contributed by atoms with E-state index in [1.165, 1.54) is 0 Å². The summed E-state index contributed by atoms with van der Waals surface area (Å²) < 4.78 is 8.04. The van der Waals surface area contributed by atoms with Gasteiger partial charge in [-0.1, -0.05) is 18.2 Å². The molecule has 0 aliphatic carbocycles. The van der Waals surface area contributed by atoms with E-state index in [0.717, 1.165) is 43.3 Å². The molecule has 1 aliphatic rings. The van der Waals surface area contributed by atoms with Gasteiger partial charge in [0.15, 0.2) is 0 Å². The van der Waals surface area contributed by atoms with Gasteiger partial charge in [-0.3, -0.25) is 0 Å². The molecule has 1 aromatic heterocycles. The molecule has 0 amide bonds. The van der Waals surface area contributed by atoms with Gasteiger partial charge in [-0.05, 0) is 38.8 Å². The Morgan fingerprint density at radius 3 is 2.85 bits per heavy atom. The highest BCUT2D eigenvalue weighted by Crippen LogP contribution is 2.28. The zero-order chi connectivity index (χ0) is 14.0. The number of anilines is 2. The molecule has 1 aliphatic heterocycles. The molecule has 1 saturated heterocycles. The fourth-order valence-electron chi connectivity index (χ4n) is 2.74. The molecule has 0 radical (unpaired) electrons. The molecule has 1 atom stereocenters. The number of hydrogen-bond donors (Lipinski definition) is 1. The van der Waals surface area contributed by atoms with Crippen molar-refractivity contribution < 1.29 is 4.74 Å². The fourth-order valence-corrected chi connectivity index (χ4v) is 2.74. The van der Waals surface area contributed by atoms with Crippen molar-refractivity contribution in [3.05, 3.63) is 42.2 Å². The standard InChI is InChI=1S/C16H21N3O/c1-13-11-19(12-16(2)9-6-10-20-16)15(17-13)18-14-7-4-3-5-8-14/h3-5,7-8,11H,6,9-10,12H2,1-2H3,(H,17,18). The van der Waals surface area contributed by atoms with Gasteiger partial charge in [0.2, 0.25) is 5.95 Å². The third-order valence-corrected chi connectivity index (χ3v) is 3.73. The lowest BCUT2D eigenvalue weighted by Gasteiger charge is -2.24. The van der Waals surface area contributed by atoms with Crippen molar-refractivity contribution in [1.82, 2.24) is 9.55 Å². The number of benzene rings is 1. The summed E-state index contributed by atoms with van der Waals surface area (Å²) in [5.74, 6) is 0.880. The molecule has 20 heavy (non-hydrogen) atoms. The van der Waals surface area contributed by atoms with E-state index in [1.54, 1.807) is 0 Å². The number of aryl methyl sites for hydroxylation is 1. The predicted molar refractivity (Wildman–Crippen MR) is 80.3 cm³/mol. The number of nitrogens with one attached hydrogen (secondary N) is 1. The molecule has 4 nitrogen and oxygen atoms in total. The van der Waals surface area contributed by atoms with Crippen LogP contribution >= 0.6 is 0 Å². The number of rotatable bonds is 4. The molecule has 4 heteroatoms. The molecular weight excluding hydrogens is 250 g/mol. The van der Waals surface area contributed by atoms with Gasteiger partial charge in [-0.15, -0.1) is 0 Å². The van der Waals surface area contributed by atoms with Crippen LogP contribution in [-0.2, 0) is 11.3 Å². The fraction of sp³-hybridized carbons (Fsp3) is 0.438. The van der Waals surface area contributed by atoms with Crippen LogP contribution < -0.4 is 5.32 Å². The SMILES string of the molecule is Cc1cn(CC2(C)CCCO2)c(Nc2ccccc2)n1. The van der Waals surface area contributed by atoms with Crippen LogP contribution in [0.4, 0.5) is 11.6 Å². The molecule has 1 aromatic carbocycles. The Morgan fingerprint density at radius 1 is 1.35 bits per heavy atom. The van der Waals surface area contributed by atoms with Gasteiger partial charge < -0.3 is 14.6 Å². The van der Waals surface area contributed by atoms with Gasteiger partial charge >= 0.3 is 0 Å². The minimum Gasteiger partial charge on any atom is -0.373 e. The number of nitrogens with zero attached hydrogens (tertiary/aromatic N) is 2. The lowest BCUT2D eigenvalue weighted by atomic mass is 10.0. The Balaban J connectivity index is 1.81. The molecule has 0 spiro atoms. The highest BCUT2D eigenvalue weighted by molar-refractivity contribution is 5.53. The first kappa shape index (κ1) is 13.2. The van der Waals surface area contributed by atoms with E-state index in [2.05, 4.69) is 28.0 Å². The summed E-state index contributed by atoms with van der Waals surface area (Å²) >= 11 is 0. The first-order chi connectivity index (χ1) is 9.65. The highest BCUT2D eigenvalue weighted by Gasteiger charge is 2.31. The molecule has 1 fully saturated rings. The van der Waals surface area contributed by atoms with E-state index >= 15 is 0 Å². The largest absolute Gasteiger partial charge is 0.373 e. The second kappa shape index (κ2) is 5.29. The molecule has 2 aromatic rings. The maximum Gasteiger partial charge on any atom is 0.207 e. The van der Waals surface area contributed by atoms with Crippen LogP contribution in [0.3, 0.4) is 0 Å². The van der Waals surface area contributed by atoms with Crippen molar-refractivity contribution >= 4 is 11.6 Å². The first-order valence-corrected chi connectivity index (χ1v) is 7.14. The topological polar surface area (TPSA) is 39.1 Å². The maximum atomic E-state index is 5.88. The minimum atomic E-state index is -0.0692. The second-order valence-corrected chi connectivity index (χ2v) is 5.73. The molecular formula is C16H21N3O. The van der Waals surface area contributed by atoms with Crippen LogP contribution in [0, 0.1) is 6.92 Å². The Kier molecular flexibility index (Phi) is 3.49. The number of para-hydroxylation sites is 1. The van der Waals surface area contributed by atoms with E-state index in [-0.39, 0.29) is 5.60 Å². The van der Waals surface area contributed by atoms with Gasteiger partial charge in [0.25, 0.3) is 0 Å². The van der Waals surface area contributed by atoms with Gasteiger partial charge in [0.05, 0.1) is 17.8 Å². The summed E-state index contributed by atoms with van der Waals surface area (Å²) in [7, 11) is 0. The third kappa shape index (κ3) is 2.85. The summed E-state index contributed by atoms with van der Waals surface area (Å²) in [5, 5.41) is 3.38. The Bertz CT molecular complexity index is 571. The van der Waals surface area contributed by atoms with E-state index in [9.17, 15) is 0 Å². The average Bonchev–Trinajstić information content (AvgIpc) is 2.98. The molecule has 1 N–H and O–H groups in total. The van der Waals surface area contributed by atoms with Crippen LogP contribution in [0.5, 0.6) is 0 Å². The normalized spacial score (nSPS) is 22.1. The molecule has 1 unspecified atom stereocenters. The Labute approximate surface area is 119 Å². The molecule has 106 valence electrons. The average molecular weight is 271 g/mol. The zero-order valence-electron chi connectivity index (χ0n) is 12.1. The van der Waals surface area contributed by atoms with Crippen LogP contribution in [0.15, 0.2) is 36.5 Å². The van der Waals surface area contributed by atoms with Crippen LogP contribution in [0.25, 0.3) is 0 Å². The summed E-state index contributed by atoms with van der Waals surface area (Å²) in [4.78, 5) is 4.58. The van der Waals surface area contributed by atoms with Gasteiger partial charge in [-0.25, -0.2) is 4.98 Å². The number of ether oxygens (including phenoxy) is 1. The summed E-state index contributed by atoms with van der Waals surface area (Å²) in [6.07, 6.45) is 4.33. The van der Waals surface area contributed by atoms with Crippen molar-refractivity contribution in [2.24, 2.45) is 0 Å². The number of hydrogen-bond acceptors (Lipinski definition) is 3. The summed E-state index contributed by atoms with van der Waals surface area (Å²) in [5.41, 5.74) is 2.00. The molecule has 0 bridgehead atoms. The van der Waals surface area contributed by atoms with Crippen molar-refractivity contribution in [2.75, 3.05) is 11.9 Å². The molecule has 0 saturated carbocycles. The van der Waals surface area contributed by atoms with Crippen molar-refractivity contribution in [2.45, 2.75) is 38.8 Å². The first-order valence-electron chi connectivity index (χ1n) is 7.14. The number of aromatic nitrogens is 2.